The van der Waals surface area contributed by atoms with Gasteiger partial charge in [-0.2, -0.15) is 0 Å². The number of benzene rings is 2. The summed E-state index contributed by atoms with van der Waals surface area (Å²) in [5.41, 5.74) is 2.36. The highest BCUT2D eigenvalue weighted by molar-refractivity contribution is 5.85. The molecule has 0 spiro atoms. The van der Waals surface area contributed by atoms with Crippen LogP contribution in [0.1, 0.15) is 24.1 Å². The van der Waals surface area contributed by atoms with Gasteiger partial charge in [0.2, 0.25) is 0 Å². The molecule has 0 saturated heterocycles. The van der Waals surface area contributed by atoms with Gasteiger partial charge in [-0.25, -0.2) is 0 Å². The Hall–Kier alpha value is -1.71. The molecule has 3 nitrogen and oxygen atoms in total. The maximum Gasteiger partial charge on any atom is 0.165 e. The van der Waals surface area contributed by atoms with Crippen LogP contribution in [0, 0.1) is 0 Å². The van der Waals surface area contributed by atoms with E-state index < -0.39 is 0 Å². The molecule has 114 valence electrons. The largest absolute Gasteiger partial charge is 0.493 e. The average Bonchev–Trinajstić information content (AvgIpc) is 2.52. The standard InChI is InChI=1S/C17H21NO2.ClH/c1-13(14-8-5-4-6-9-14)18-12-15-10-7-11-16(19-2)17(15)20-3;/h4-11,13,18H,12H2,1-3H3;1H. The summed E-state index contributed by atoms with van der Waals surface area (Å²) in [6, 6.07) is 16.6. The number of methoxy groups -OCH3 is 2. The number of hydrogen-bond donors (Lipinski definition) is 1. The SMILES string of the molecule is COc1cccc(CNC(C)c2ccccc2)c1OC.Cl. The fourth-order valence-electron chi connectivity index (χ4n) is 2.22. The van der Waals surface area contributed by atoms with Gasteiger partial charge in [-0.1, -0.05) is 42.5 Å². The second kappa shape index (κ2) is 8.55. The molecule has 2 aromatic rings. The lowest BCUT2D eigenvalue weighted by Gasteiger charge is -2.17. The van der Waals surface area contributed by atoms with Crippen molar-refractivity contribution >= 4 is 12.4 Å². The monoisotopic (exact) mass is 307 g/mol. The van der Waals surface area contributed by atoms with Crippen molar-refractivity contribution < 1.29 is 9.47 Å². The highest BCUT2D eigenvalue weighted by Gasteiger charge is 2.10. The van der Waals surface area contributed by atoms with Crippen LogP contribution in [0.2, 0.25) is 0 Å². The third kappa shape index (κ3) is 4.38. The zero-order valence-corrected chi connectivity index (χ0v) is 13.4. The lowest BCUT2D eigenvalue weighted by atomic mass is 10.1. The van der Waals surface area contributed by atoms with E-state index in [1.165, 1.54) is 5.56 Å². The number of para-hydroxylation sites is 1. The molecule has 0 fully saturated rings. The number of nitrogens with one attached hydrogen (secondary N) is 1. The van der Waals surface area contributed by atoms with E-state index in [9.17, 15) is 0 Å². The second-order valence-corrected chi connectivity index (χ2v) is 4.67. The van der Waals surface area contributed by atoms with E-state index in [4.69, 9.17) is 9.47 Å². The summed E-state index contributed by atoms with van der Waals surface area (Å²) in [4.78, 5) is 0. The first kappa shape index (κ1) is 17.3. The van der Waals surface area contributed by atoms with Crippen molar-refractivity contribution in [3.8, 4) is 11.5 Å². The zero-order chi connectivity index (χ0) is 14.4. The Bertz CT molecular complexity index is 546. The molecule has 0 aliphatic heterocycles. The van der Waals surface area contributed by atoms with Crippen molar-refractivity contribution in [1.29, 1.82) is 0 Å². The molecular weight excluding hydrogens is 286 g/mol. The van der Waals surface area contributed by atoms with Gasteiger partial charge in [-0.15, -0.1) is 12.4 Å². The Morgan fingerprint density at radius 3 is 2.29 bits per heavy atom. The molecule has 21 heavy (non-hydrogen) atoms. The summed E-state index contributed by atoms with van der Waals surface area (Å²) in [6.45, 7) is 2.89. The van der Waals surface area contributed by atoms with Gasteiger partial charge in [0.05, 0.1) is 14.2 Å². The predicted molar refractivity (Wildman–Crippen MR) is 88.5 cm³/mol. The third-order valence-corrected chi connectivity index (χ3v) is 3.38. The predicted octanol–water partition coefficient (Wildman–Crippen LogP) is 3.98. The van der Waals surface area contributed by atoms with E-state index in [0.717, 1.165) is 23.6 Å². The fourth-order valence-corrected chi connectivity index (χ4v) is 2.22. The zero-order valence-electron chi connectivity index (χ0n) is 12.6. The van der Waals surface area contributed by atoms with Crippen LogP contribution in [0.15, 0.2) is 48.5 Å². The number of ether oxygens (including phenoxy) is 2. The maximum absolute atomic E-state index is 5.44. The van der Waals surface area contributed by atoms with Gasteiger partial charge in [0, 0.05) is 18.2 Å². The van der Waals surface area contributed by atoms with E-state index in [-0.39, 0.29) is 18.4 Å². The number of rotatable bonds is 6. The lowest BCUT2D eigenvalue weighted by Crippen LogP contribution is -2.18. The lowest BCUT2D eigenvalue weighted by molar-refractivity contribution is 0.350. The van der Waals surface area contributed by atoms with E-state index in [0.29, 0.717) is 0 Å². The van der Waals surface area contributed by atoms with Gasteiger partial charge in [-0.05, 0) is 18.6 Å². The molecular formula is C17H22ClNO2. The van der Waals surface area contributed by atoms with Crippen LogP contribution in [0.4, 0.5) is 0 Å². The molecule has 0 aliphatic rings. The van der Waals surface area contributed by atoms with E-state index in [2.05, 4.69) is 36.5 Å². The highest BCUT2D eigenvalue weighted by atomic mass is 35.5. The highest BCUT2D eigenvalue weighted by Crippen LogP contribution is 2.30. The molecule has 0 saturated carbocycles. The minimum Gasteiger partial charge on any atom is -0.493 e. The Kier molecular flexibility index (Phi) is 7.06. The second-order valence-electron chi connectivity index (χ2n) is 4.67. The summed E-state index contributed by atoms with van der Waals surface area (Å²) < 4.78 is 10.8. The molecule has 0 amide bonds. The molecule has 0 bridgehead atoms. The van der Waals surface area contributed by atoms with Gasteiger partial charge in [0.25, 0.3) is 0 Å². The summed E-state index contributed by atoms with van der Waals surface area (Å²) in [5.74, 6) is 1.56. The van der Waals surface area contributed by atoms with Gasteiger partial charge in [-0.3, -0.25) is 0 Å². The average molecular weight is 308 g/mol. The summed E-state index contributed by atoms with van der Waals surface area (Å²) in [5, 5.41) is 3.51. The maximum atomic E-state index is 5.44. The van der Waals surface area contributed by atoms with Crippen LogP contribution in [-0.4, -0.2) is 14.2 Å². The summed E-state index contributed by atoms with van der Waals surface area (Å²) in [6.07, 6.45) is 0. The first-order chi connectivity index (χ1) is 9.76. The van der Waals surface area contributed by atoms with E-state index in [1.807, 2.05) is 24.3 Å². The molecule has 2 rings (SSSR count). The fraction of sp³-hybridized carbons (Fsp3) is 0.294. The van der Waals surface area contributed by atoms with Gasteiger partial charge >= 0.3 is 0 Å². The third-order valence-electron chi connectivity index (χ3n) is 3.38. The Morgan fingerprint density at radius 2 is 1.67 bits per heavy atom. The summed E-state index contributed by atoms with van der Waals surface area (Å²) in [7, 11) is 3.32. The van der Waals surface area contributed by atoms with Crippen LogP contribution in [-0.2, 0) is 6.54 Å². The van der Waals surface area contributed by atoms with Crippen LogP contribution in [0.5, 0.6) is 11.5 Å². The van der Waals surface area contributed by atoms with Crippen LogP contribution in [0.3, 0.4) is 0 Å². The molecule has 1 unspecified atom stereocenters. The van der Waals surface area contributed by atoms with E-state index >= 15 is 0 Å². The summed E-state index contributed by atoms with van der Waals surface area (Å²) >= 11 is 0. The van der Waals surface area contributed by atoms with Crippen LogP contribution < -0.4 is 14.8 Å². The molecule has 1 atom stereocenters. The Morgan fingerprint density at radius 1 is 0.952 bits per heavy atom. The molecule has 0 aromatic heterocycles. The Balaban J connectivity index is 0.00000220. The molecule has 1 N–H and O–H groups in total. The first-order valence-electron chi connectivity index (χ1n) is 6.74. The van der Waals surface area contributed by atoms with Crippen molar-refractivity contribution in [1.82, 2.24) is 5.32 Å². The first-order valence-corrected chi connectivity index (χ1v) is 6.74. The quantitative estimate of drug-likeness (QED) is 0.875. The molecule has 0 radical (unpaired) electrons. The van der Waals surface area contributed by atoms with Crippen molar-refractivity contribution in [2.45, 2.75) is 19.5 Å². The number of halogens is 1. The molecule has 2 aromatic carbocycles. The molecule has 0 aliphatic carbocycles. The van der Waals surface area contributed by atoms with Crippen molar-refractivity contribution in [2.24, 2.45) is 0 Å². The molecule has 4 heteroatoms. The van der Waals surface area contributed by atoms with Crippen molar-refractivity contribution in [2.75, 3.05) is 14.2 Å². The Labute approximate surface area is 132 Å². The normalized spacial score (nSPS) is 11.4. The van der Waals surface area contributed by atoms with Crippen molar-refractivity contribution in [3.05, 3.63) is 59.7 Å². The van der Waals surface area contributed by atoms with Crippen molar-refractivity contribution in [3.63, 3.8) is 0 Å². The van der Waals surface area contributed by atoms with Crippen LogP contribution >= 0.6 is 12.4 Å². The molecule has 0 heterocycles. The minimum absolute atomic E-state index is 0. The number of hydrogen-bond acceptors (Lipinski definition) is 3. The van der Waals surface area contributed by atoms with Crippen LogP contribution in [0.25, 0.3) is 0 Å². The smallest absolute Gasteiger partial charge is 0.165 e. The van der Waals surface area contributed by atoms with Gasteiger partial charge in [0.1, 0.15) is 0 Å². The topological polar surface area (TPSA) is 30.5 Å². The minimum atomic E-state index is 0. The van der Waals surface area contributed by atoms with E-state index in [1.54, 1.807) is 14.2 Å². The van der Waals surface area contributed by atoms with Gasteiger partial charge in [0.15, 0.2) is 11.5 Å². The van der Waals surface area contributed by atoms with Gasteiger partial charge < -0.3 is 14.8 Å².